The van der Waals surface area contributed by atoms with Gasteiger partial charge in [-0.2, -0.15) is 0 Å². The predicted molar refractivity (Wildman–Crippen MR) is 125 cm³/mol. The molecular formula is C28H28N2O2. The number of rotatable bonds is 4. The molecule has 5 rings (SSSR count). The number of anilines is 1. The van der Waals surface area contributed by atoms with Gasteiger partial charge in [0.2, 0.25) is 11.6 Å². The molecule has 0 bridgehead atoms. The van der Waals surface area contributed by atoms with E-state index in [0.717, 1.165) is 23.5 Å². The highest BCUT2D eigenvalue weighted by Crippen LogP contribution is 2.45. The van der Waals surface area contributed by atoms with E-state index < -0.39 is 11.5 Å². The average Bonchev–Trinajstić information content (AvgIpc) is 3.33. The highest BCUT2D eigenvalue weighted by molar-refractivity contribution is 6.08. The number of para-hydroxylation sites is 1. The summed E-state index contributed by atoms with van der Waals surface area (Å²) in [5.74, 6) is -0.736. The maximum atomic E-state index is 14.4. The molecular weight excluding hydrogens is 396 g/mol. The molecule has 2 aliphatic rings. The monoisotopic (exact) mass is 424 g/mol. The Labute approximate surface area is 189 Å². The van der Waals surface area contributed by atoms with Gasteiger partial charge in [0.05, 0.1) is 6.54 Å². The SMILES string of the molecule is Cc1cc(C)c([N+]2=CC(C3([O-])C(=O)N(Cc4ccccc4)c4ccccc43)CC2)c(C)c1. The van der Waals surface area contributed by atoms with Crippen LogP contribution >= 0.6 is 0 Å². The second kappa shape index (κ2) is 7.72. The molecule has 0 aromatic heterocycles. The van der Waals surface area contributed by atoms with Crippen molar-refractivity contribution in [3.63, 3.8) is 0 Å². The minimum atomic E-state index is -1.80. The number of carbonyl (C=O) groups is 1. The van der Waals surface area contributed by atoms with Crippen LogP contribution in [-0.2, 0) is 16.9 Å². The van der Waals surface area contributed by atoms with E-state index in [2.05, 4.69) is 37.5 Å². The van der Waals surface area contributed by atoms with Gasteiger partial charge in [-0.3, -0.25) is 4.79 Å². The molecule has 2 atom stereocenters. The topological polar surface area (TPSA) is 46.4 Å². The van der Waals surface area contributed by atoms with Crippen molar-refractivity contribution >= 4 is 23.5 Å². The van der Waals surface area contributed by atoms with Crippen LogP contribution < -0.4 is 10.0 Å². The maximum Gasteiger partial charge on any atom is 0.222 e. The van der Waals surface area contributed by atoms with E-state index in [0.29, 0.717) is 18.5 Å². The van der Waals surface area contributed by atoms with Crippen LogP contribution in [0, 0.1) is 26.7 Å². The Balaban J connectivity index is 1.54. The van der Waals surface area contributed by atoms with Crippen LogP contribution in [0.1, 0.15) is 34.2 Å². The minimum Gasteiger partial charge on any atom is -0.838 e. The summed E-state index contributed by atoms with van der Waals surface area (Å²) in [5.41, 5.74) is 5.34. The van der Waals surface area contributed by atoms with Crippen LogP contribution in [0.3, 0.4) is 0 Å². The Morgan fingerprint density at radius 3 is 2.38 bits per heavy atom. The number of nitrogens with zero attached hydrogens (tertiary/aromatic N) is 2. The van der Waals surface area contributed by atoms with Crippen LogP contribution in [0.4, 0.5) is 11.4 Å². The Bertz CT molecular complexity index is 1210. The lowest BCUT2D eigenvalue weighted by Gasteiger charge is -2.38. The fourth-order valence-electron chi connectivity index (χ4n) is 5.49. The van der Waals surface area contributed by atoms with Gasteiger partial charge < -0.3 is 10.0 Å². The summed E-state index contributed by atoms with van der Waals surface area (Å²) < 4.78 is 2.18. The second-order valence-electron chi connectivity index (χ2n) is 9.11. The molecule has 0 N–H and O–H groups in total. The van der Waals surface area contributed by atoms with Crippen molar-refractivity contribution in [3.8, 4) is 0 Å². The standard InChI is InChI=1S/C28H28N2O2/c1-19-15-20(2)26(21(3)16-19)29-14-13-23(18-29)28(32)24-11-7-8-12-25(24)30(27(28)31)17-22-9-5-4-6-10-22/h4-12,15-16,18,23H,13-14,17H2,1-3H3. The number of hydrogen-bond acceptors (Lipinski definition) is 2. The molecule has 1 amide bonds. The van der Waals surface area contributed by atoms with Crippen LogP contribution in [0.25, 0.3) is 0 Å². The molecule has 2 heterocycles. The zero-order valence-electron chi connectivity index (χ0n) is 18.8. The lowest BCUT2D eigenvalue weighted by molar-refractivity contribution is -0.473. The van der Waals surface area contributed by atoms with Crippen LogP contribution in [0.5, 0.6) is 0 Å². The van der Waals surface area contributed by atoms with E-state index in [4.69, 9.17) is 0 Å². The largest absolute Gasteiger partial charge is 0.838 e. The van der Waals surface area contributed by atoms with Gasteiger partial charge in [0.15, 0.2) is 0 Å². The summed E-state index contributed by atoms with van der Waals surface area (Å²) in [4.78, 5) is 15.3. The maximum absolute atomic E-state index is 14.4. The van der Waals surface area contributed by atoms with Gasteiger partial charge in [0.1, 0.15) is 12.8 Å². The second-order valence-corrected chi connectivity index (χ2v) is 9.11. The minimum absolute atomic E-state index is 0.344. The van der Waals surface area contributed by atoms with Crippen molar-refractivity contribution in [2.24, 2.45) is 5.92 Å². The highest BCUT2D eigenvalue weighted by Gasteiger charge is 2.49. The molecule has 32 heavy (non-hydrogen) atoms. The molecule has 0 radical (unpaired) electrons. The molecule has 162 valence electrons. The lowest BCUT2D eigenvalue weighted by atomic mass is 9.82. The number of aryl methyl sites for hydroxylation is 3. The Morgan fingerprint density at radius 2 is 1.66 bits per heavy atom. The third-order valence-electron chi connectivity index (χ3n) is 6.83. The summed E-state index contributed by atoms with van der Waals surface area (Å²) in [6.07, 6.45) is 2.67. The first-order chi connectivity index (χ1) is 15.4. The molecule has 0 aliphatic carbocycles. The molecule has 0 saturated heterocycles. The van der Waals surface area contributed by atoms with Gasteiger partial charge in [0.25, 0.3) is 0 Å². The van der Waals surface area contributed by atoms with Gasteiger partial charge in [-0.25, -0.2) is 4.58 Å². The number of carbonyl (C=O) groups excluding carboxylic acids is 1. The first-order valence-corrected chi connectivity index (χ1v) is 11.2. The summed E-state index contributed by atoms with van der Waals surface area (Å²) >= 11 is 0. The average molecular weight is 425 g/mol. The van der Waals surface area contributed by atoms with Gasteiger partial charge in [-0.1, -0.05) is 54.1 Å². The van der Waals surface area contributed by atoms with Crippen molar-refractivity contribution in [2.45, 2.75) is 39.3 Å². The van der Waals surface area contributed by atoms with E-state index in [-0.39, 0.29) is 5.91 Å². The summed E-state index contributed by atoms with van der Waals surface area (Å²) in [7, 11) is 0. The molecule has 2 unspecified atom stereocenters. The van der Waals surface area contributed by atoms with Crippen LogP contribution in [0.15, 0.2) is 66.7 Å². The zero-order chi connectivity index (χ0) is 22.5. The van der Waals surface area contributed by atoms with Crippen molar-refractivity contribution < 1.29 is 14.5 Å². The fourth-order valence-corrected chi connectivity index (χ4v) is 5.49. The van der Waals surface area contributed by atoms with Gasteiger partial charge in [-0.05, 0) is 50.1 Å². The zero-order valence-corrected chi connectivity index (χ0v) is 18.8. The predicted octanol–water partition coefficient (Wildman–Crippen LogP) is 4.15. The molecule has 2 aliphatic heterocycles. The molecule has 0 spiro atoms. The summed E-state index contributed by atoms with van der Waals surface area (Å²) in [6.45, 7) is 7.48. The quantitative estimate of drug-likeness (QED) is 0.591. The first-order valence-electron chi connectivity index (χ1n) is 11.2. The van der Waals surface area contributed by atoms with Gasteiger partial charge in [-0.15, -0.1) is 0 Å². The molecule has 3 aromatic carbocycles. The Morgan fingerprint density at radius 1 is 1.00 bits per heavy atom. The summed E-state index contributed by atoms with van der Waals surface area (Å²) in [6, 6.07) is 21.7. The molecule has 0 saturated carbocycles. The molecule has 4 heteroatoms. The van der Waals surface area contributed by atoms with Crippen LogP contribution in [0.2, 0.25) is 0 Å². The van der Waals surface area contributed by atoms with Crippen molar-refractivity contribution in [2.75, 3.05) is 11.4 Å². The van der Waals surface area contributed by atoms with E-state index in [1.807, 2.05) is 60.8 Å². The van der Waals surface area contributed by atoms with E-state index >= 15 is 0 Å². The van der Waals surface area contributed by atoms with Crippen LogP contribution in [-0.4, -0.2) is 23.2 Å². The molecule has 0 fully saturated rings. The van der Waals surface area contributed by atoms with E-state index in [1.165, 1.54) is 16.7 Å². The van der Waals surface area contributed by atoms with Crippen molar-refractivity contribution in [3.05, 3.63) is 94.5 Å². The number of hydrogen-bond donors (Lipinski definition) is 0. The molecule has 3 aromatic rings. The fraction of sp³-hybridized carbons (Fsp3) is 0.286. The highest BCUT2D eigenvalue weighted by atomic mass is 16.3. The Kier molecular flexibility index (Phi) is 4.98. The number of benzene rings is 3. The third kappa shape index (κ3) is 3.18. The van der Waals surface area contributed by atoms with Gasteiger partial charge >= 0.3 is 0 Å². The van der Waals surface area contributed by atoms with Crippen molar-refractivity contribution in [1.82, 2.24) is 0 Å². The lowest BCUT2D eigenvalue weighted by Crippen LogP contribution is -2.55. The normalized spacial score (nSPS) is 22.2. The van der Waals surface area contributed by atoms with Gasteiger partial charge in [0, 0.05) is 34.8 Å². The van der Waals surface area contributed by atoms with Crippen molar-refractivity contribution in [1.29, 1.82) is 0 Å². The number of amides is 1. The third-order valence-corrected chi connectivity index (χ3v) is 6.83. The summed E-state index contributed by atoms with van der Waals surface area (Å²) in [5, 5.41) is 14.4. The van der Waals surface area contributed by atoms with E-state index in [1.54, 1.807) is 4.90 Å². The number of fused-ring (bicyclic) bond motifs is 1. The smallest absolute Gasteiger partial charge is 0.222 e. The Hall–Kier alpha value is -3.24. The van der Waals surface area contributed by atoms with E-state index in [9.17, 15) is 9.90 Å². The first kappa shape index (κ1) is 20.7. The molecule has 4 nitrogen and oxygen atoms in total.